The SMILES string of the molecule is CC(=O)N1CCC(Oc2cc(Cl)cc3[nH]ncc23)CC1. The van der Waals surface area contributed by atoms with Crippen LogP contribution in [0.2, 0.25) is 5.02 Å². The van der Waals surface area contributed by atoms with E-state index in [1.807, 2.05) is 17.0 Å². The van der Waals surface area contributed by atoms with Crippen LogP contribution in [0.15, 0.2) is 18.3 Å². The number of hydrogen-bond donors (Lipinski definition) is 1. The lowest BCUT2D eigenvalue weighted by molar-refractivity contribution is -0.130. The van der Waals surface area contributed by atoms with Crippen LogP contribution in [-0.4, -0.2) is 40.2 Å². The molecule has 0 aliphatic carbocycles. The first kappa shape index (κ1) is 13.2. The van der Waals surface area contributed by atoms with Gasteiger partial charge in [0, 0.05) is 37.9 Å². The minimum atomic E-state index is 0.113. The topological polar surface area (TPSA) is 58.2 Å². The van der Waals surface area contributed by atoms with E-state index in [1.165, 1.54) is 0 Å². The van der Waals surface area contributed by atoms with E-state index in [1.54, 1.807) is 13.1 Å². The molecule has 106 valence electrons. The first-order valence-electron chi connectivity index (χ1n) is 6.68. The monoisotopic (exact) mass is 293 g/mol. The highest BCUT2D eigenvalue weighted by molar-refractivity contribution is 6.31. The van der Waals surface area contributed by atoms with Gasteiger partial charge in [-0.2, -0.15) is 5.10 Å². The Kier molecular flexibility index (Phi) is 3.53. The van der Waals surface area contributed by atoms with Crippen LogP contribution in [0.3, 0.4) is 0 Å². The van der Waals surface area contributed by atoms with Crippen LogP contribution in [-0.2, 0) is 4.79 Å². The number of aromatic amines is 1. The van der Waals surface area contributed by atoms with Crippen molar-refractivity contribution in [2.75, 3.05) is 13.1 Å². The molecular weight excluding hydrogens is 278 g/mol. The highest BCUT2D eigenvalue weighted by atomic mass is 35.5. The fourth-order valence-corrected chi connectivity index (χ4v) is 2.76. The van der Waals surface area contributed by atoms with Crippen molar-refractivity contribution in [1.29, 1.82) is 0 Å². The maximum Gasteiger partial charge on any atom is 0.219 e. The number of nitrogens with zero attached hydrogens (tertiary/aromatic N) is 2. The smallest absolute Gasteiger partial charge is 0.219 e. The van der Waals surface area contributed by atoms with Crippen LogP contribution < -0.4 is 4.74 Å². The molecule has 1 amide bonds. The van der Waals surface area contributed by atoms with Crippen molar-refractivity contribution in [2.24, 2.45) is 0 Å². The van der Waals surface area contributed by atoms with E-state index in [0.717, 1.165) is 42.6 Å². The first-order chi connectivity index (χ1) is 9.63. The number of hydrogen-bond acceptors (Lipinski definition) is 3. The number of nitrogens with one attached hydrogen (secondary N) is 1. The Morgan fingerprint density at radius 1 is 1.45 bits per heavy atom. The molecule has 1 N–H and O–H groups in total. The van der Waals surface area contributed by atoms with E-state index < -0.39 is 0 Å². The molecule has 1 aromatic carbocycles. The predicted octanol–water partition coefficient (Wildman–Crippen LogP) is 2.61. The third kappa shape index (κ3) is 2.58. The lowest BCUT2D eigenvalue weighted by atomic mass is 10.1. The molecule has 1 aliphatic heterocycles. The second kappa shape index (κ2) is 5.32. The summed E-state index contributed by atoms with van der Waals surface area (Å²) in [7, 11) is 0. The maximum atomic E-state index is 11.3. The quantitative estimate of drug-likeness (QED) is 0.926. The minimum absolute atomic E-state index is 0.113. The van der Waals surface area contributed by atoms with Gasteiger partial charge in [0.05, 0.1) is 17.1 Å². The lowest BCUT2D eigenvalue weighted by Gasteiger charge is -2.31. The summed E-state index contributed by atoms with van der Waals surface area (Å²) in [5, 5.41) is 8.46. The molecule has 1 aromatic heterocycles. The summed E-state index contributed by atoms with van der Waals surface area (Å²) >= 11 is 6.08. The Morgan fingerprint density at radius 3 is 2.90 bits per heavy atom. The summed E-state index contributed by atoms with van der Waals surface area (Å²) in [4.78, 5) is 13.2. The molecule has 0 unspecified atom stereocenters. The van der Waals surface area contributed by atoms with Crippen molar-refractivity contribution in [3.05, 3.63) is 23.4 Å². The van der Waals surface area contributed by atoms with Crippen LogP contribution in [0.25, 0.3) is 10.9 Å². The second-order valence-corrected chi connectivity index (χ2v) is 5.49. The van der Waals surface area contributed by atoms with E-state index in [0.29, 0.717) is 5.02 Å². The zero-order valence-electron chi connectivity index (χ0n) is 11.2. The van der Waals surface area contributed by atoms with Gasteiger partial charge >= 0.3 is 0 Å². The van der Waals surface area contributed by atoms with E-state index in [2.05, 4.69) is 10.2 Å². The number of benzene rings is 1. The highest BCUT2D eigenvalue weighted by Gasteiger charge is 2.22. The number of fused-ring (bicyclic) bond motifs is 1. The van der Waals surface area contributed by atoms with E-state index >= 15 is 0 Å². The molecule has 0 saturated carbocycles. The molecule has 0 radical (unpaired) electrons. The molecule has 1 fully saturated rings. The lowest BCUT2D eigenvalue weighted by Crippen LogP contribution is -2.40. The number of aromatic nitrogens is 2. The van der Waals surface area contributed by atoms with Gasteiger partial charge in [-0.1, -0.05) is 11.6 Å². The van der Waals surface area contributed by atoms with Crippen molar-refractivity contribution in [1.82, 2.24) is 15.1 Å². The zero-order chi connectivity index (χ0) is 14.1. The largest absolute Gasteiger partial charge is 0.489 e. The average molecular weight is 294 g/mol. The number of H-pyrrole nitrogens is 1. The van der Waals surface area contributed by atoms with Gasteiger partial charge in [-0.3, -0.25) is 9.89 Å². The van der Waals surface area contributed by atoms with Crippen LogP contribution >= 0.6 is 11.6 Å². The predicted molar refractivity (Wildman–Crippen MR) is 77.0 cm³/mol. The molecule has 2 aromatic rings. The van der Waals surface area contributed by atoms with Gasteiger partial charge < -0.3 is 9.64 Å². The summed E-state index contributed by atoms with van der Waals surface area (Å²) in [6.07, 6.45) is 3.53. The fourth-order valence-electron chi connectivity index (χ4n) is 2.55. The summed E-state index contributed by atoms with van der Waals surface area (Å²) in [5.41, 5.74) is 0.869. The van der Waals surface area contributed by atoms with E-state index in [-0.39, 0.29) is 12.0 Å². The normalized spacial score (nSPS) is 16.6. The molecular formula is C14H16ClN3O2. The zero-order valence-corrected chi connectivity index (χ0v) is 12.0. The van der Waals surface area contributed by atoms with Crippen LogP contribution in [0.5, 0.6) is 5.75 Å². The molecule has 1 saturated heterocycles. The molecule has 2 heterocycles. The Morgan fingerprint density at radius 2 is 2.20 bits per heavy atom. The maximum absolute atomic E-state index is 11.3. The Hall–Kier alpha value is -1.75. The number of carbonyl (C=O) groups excluding carboxylic acids is 1. The number of piperidine rings is 1. The number of rotatable bonds is 2. The molecule has 1 aliphatic rings. The number of likely N-dealkylation sites (tertiary alicyclic amines) is 1. The number of halogens is 1. The van der Waals surface area contributed by atoms with Crippen molar-refractivity contribution < 1.29 is 9.53 Å². The van der Waals surface area contributed by atoms with E-state index in [4.69, 9.17) is 16.3 Å². The summed E-state index contributed by atoms with van der Waals surface area (Å²) in [6.45, 7) is 3.09. The molecule has 6 heteroatoms. The molecule has 0 atom stereocenters. The fraction of sp³-hybridized carbons (Fsp3) is 0.429. The standard InChI is InChI=1S/C14H16ClN3O2/c1-9(19)18-4-2-11(3-5-18)20-14-7-10(15)6-13-12(14)8-16-17-13/h6-8,11H,2-5H2,1H3,(H,16,17). The van der Waals surface area contributed by atoms with Gasteiger partial charge in [0.15, 0.2) is 0 Å². The van der Waals surface area contributed by atoms with Crippen LogP contribution in [0.4, 0.5) is 0 Å². The Balaban J connectivity index is 1.74. The molecule has 0 bridgehead atoms. The molecule has 5 nitrogen and oxygen atoms in total. The molecule has 20 heavy (non-hydrogen) atoms. The Labute approximate surface area is 121 Å². The third-order valence-electron chi connectivity index (χ3n) is 3.67. The van der Waals surface area contributed by atoms with Gasteiger partial charge in [0.25, 0.3) is 0 Å². The van der Waals surface area contributed by atoms with Crippen LogP contribution in [0, 0.1) is 0 Å². The summed E-state index contributed by atoms with van der Waals surface area (Å²) in [5.74, 6) is 0.881. The van der Waals surface area contributed by atoms with Gasteiger partial charge in [0.1, 0.15) is 11.9 Å². The van der Waals surface area contributed by atoms with Gasteiger partial charge in [-0.05, 0) is 12.1 Å². The summed E-state index contributed by atoms with van der Waals surface area (Å²) < 4.78 is 6.05. The van der Waals surface area contributed by atoms with E-state index in [9.17, 15) is 4.79 Å². The van der Waals surface area contributed by atoms with Crippen molar-refractivity contribution >= 4 is 28.4 Å². The van der Waals surface area contributed by atoms with Crippen molar-refractivity contribution in [3.8, 4) is 5.75 Å². The molecule has 0 spiro atoms. The Bertz CT molecular complexity index is 632. The second-order valence-electron chi connectivity index (χ2n) is 5.06. The minimum Gasteiger partial charge on any atom is -0.489 e. The number of carbonyl (C=O) groups is 1. The third-order valence-corrected chi connectivity index (χ3v) is 3.88. The van der Waals surface area contributed by atoms with Gasteiger partial charge in [0.2, 0.25) is 5.91 Å². The first-order valence-corrected chi connectivity index (χ1v) is 7.06. The van der Waals surface area contributed by atoms with Gasteiger partial charge in [-0.15, -0.1) is 0 Å². The number of ether oxygens (including phenoxy) is 1. The molecule has 3 rings (SSSR count). The highest BCUT2D eigenvalue weighted by Crippen LogP contribution is 2.30. The van der Waals surface area contributed by atoms with Gasteiger partial charge in [-0.25, -0.2) is 0 Å². The summed E-state index contributed by atoms with van der Waals surface area (Å²) in [6, 6.07) is 3.64. The van der Waals surface area contributed by atoms with Crippen molar-refractivity contribution in [2.45, 2.75) is 25.9 Å². The average Bonchev–Trinajstić information content (AvgIpc) is 2.87. The number of amides is 1. The van der Waals surface area contributed by atoms with Crippen molar-refractivity contribution in [3.63, 3.8) is 0 Å². The van der Waals surface area contributed by atoms with Crippen LogP contribution in [0.1, 0.15) is 19.8 Å².